The number of carbonyl (C=O) groups is 3. The molecule has 0 bridgehead atoms. The standard InChI is InChI=1S/C28H28N2O6S/c1-5-6-15-36-21-13-7-18(8-14-21)23-22(24(32)19-9-11-20(35-4)12-10-19)25(33)27(34)30(23)28-29-16(2)26(37-28)17(3)31/h7-14,23,32H,5-6,15H2,1-4H3. The Morgan fingerprint density at radius 3 is 2.30 bits per heavy atom. The summed E-state index contributed by atoms with van der Waals surface area (Å²) in [5.41, 5.74) is 1.37. The minimum atomic E-state index is -0.947. The molecule has 192 valence electrons. The molecule has 1 aromatic heterocycles. The van der Waals surface area contributed by atoms with E-state index in [9.17, 15) is 19.5 Å². The minimum absolute atomic E-state index is 0.0629. The normalized spacial score (nSPS) is 16.8. The van der Waals surface area contributed by atoms with Crippen LogP contribution in [0.3, 0.4) is 0 Å². The average Bonchev–Trinajstić information content (AvgIpc) is 3.41. The summed E-state index contributed by atoms with van der Waals surface area (Å²) in [6, 6.07) is 12.7. The minimum Gasteiger partial charge on any atom is -0.507 e. The van der Waals surface area contributed by atoms with Gasteiger partial charge >= 0.3 is 5.91 Å². The number of amides is 1. The van der Waals surface area contributed by atoms with Gasteiger partial charge in [0.1, 0.15) is 17.3 Å². The third-order valence-electron chi connectivity index (χ3n) is 6.08. The number of hydrogen-bond donors (Lipinski definition) is 1. The van der Waals surface area contributed by atoms with Crippen LogP contribution in [0.15, 0.2) is 54.1 Å². The number of nitrogens with zero attached hydrogens (tertiary/aromatic N) is 2. The Morgan fingerprint density at radius 2 is 1.73 bits per heavy atom. The number of aliphatic hydroxyl groups excluding tert-OH is 1. The zero-order valence-corrected chi connectivity index (χ0v) is 21.9. The number of ether oxygens (including phenoxy) is 2. The van der Waals surface area contributed by atoms with Crippen molar-refractivity contribution in [3.8, 4) is 11.5 Å². The largest absolute Gasteiger partial charge is 0.507 e. The van der Waals surface area contributed by atoms with E-state index in [-0.39, 0.29) is 22.2 Å². The number of aryl methyl sites for hydroxylation is 1. The lowest BCUT2D eigenvalue weighted by atomic mass is 9.95. The number of hydrogen-bond acceptors (Lipinski definition) is 8. The summed E-state index contributed by atoms with van der Waals surface area (Å²) in [7, 11) is 1.53. The van der Waals surface area contributed by atoms with E-state index in [0.29, 0.717) is 39.8 Å². The number of unbranched alkanes of at least 4 members (excludes halogenated alkanes) is 1. The zero-order valence-electron chi connectivity index (χ0n) is 21.1. The molecule has 8 nitrogen and oxygen atoms in total. The highest BCUT2D eigenvalue weighted by Crippen LogP contribution is 2.44. The molecule has 3 aromatic rings. The first-order valence-electron chi connectivity index (χ1n) is 11.9. The Morgan fingerprint density at radius 1 is 1.08 bits per heavy atom. The van der Waals surface area contributed by atoms with Crippen LogP contribution >= 0.6 is 11.3 Å². The summed E-state index contributed by atoms with van der Waals surface area (Å²) < 4.78 is 10.9. The van der Waals surface area contributed by atoms with Crippen LogP contribution in [-0.4, -0.2) is 41.3 Å². The molecule has 1 saturated heterocycles. The van der Waals surface area contributed by atoms with Gasteiger partial charge in [0, 0.05) is 12.5 Å². The number of aliphatic hydroxyl groups is 1. The van der Waals surface area contributed by atoms with Gasteiger partial charge in [0.05, 0.1) is 35.9 Å². The quantitative estimate of drug-likeness (QED) is 0.131. The molecule has 1 atom stereocenters. The second kappa shape index (κ2) is 11.0. The van der Waals surface area contributed by atoms with Crippen molar-refractivity contribution in [3.05, 3.63) is 75.8 Å². The Hall–Kier alpha value is -3.98. The summed E-state index contributed by atoms with van der Waals surface area (Å²) in [5.74, 6) is -0.903. The fraction of sp³-hybridized carbons (Fsp3) is 0.286. The lowest BCUT2D eigenvalue weighted by Crippen LogP contribution is -2.29. The maximum atomic E-state index is 13.3. The molecule has 0 spiro atoms. The van der Waals surface area contributed by atoms with Crippen molar-refractivity contribution < 1.29 is 29.0 Å². The van der Waals surface area contributed by atoms with Gasteiger partial charge in [-0.1, -0.05) is 36.8 Å². The number of rotatable bonds is 9. The molecule has 37 heavy (non-hydrogen) atoms. The second-order valence-electron chi connectivity index (χ2n) is 8.64. The molecule has 1 aliphatic rings. The molecule has 4 rings (SSSR count). The van der Waals surface area contributed by atoms with Crippen molar-refractivity contribution in [2.45, 2.75) is 39.7 Å². The van der Waals surface area contributed by atoms with Crippen LogP contribution in [0.25, 0.3) is 5.76 Å². The highest BCUT2D eigenvalue weighted by Gasteiger charge is 2.48. The van der Waals surface area contributed by atoms with Crippen LogP contribution in [0.5, 0.6) is 11.5 Å². The number of Topliss-reactive ketones (excluding diaryl/α,β-unsaturated/α-hetero) is 2. The smallest absolute Gasteiger partial charge is 0.301 e. The van der Waals surface area contributed by atoms with E-state index in [4.69, 9.17) is 9.47 Å². The summed E-state index contributed by atoms with van der Waals surface area (Å²) in [4.78, 5) is 44.8. The van der Waals surface area contributed by atoms with E-state index in [1.807, 2.05) is 0 Å². The van der Waals surface area contributed by atoms with E-state index in [1.165, 1.54) is 18.9 Å². The first-order valence-corrected chi connectivity index (χ1v) is 12.7. The third kappa shape index (κ3) is 5.13. The monoisotopic (exact) mass is 520 g/mol. The number of carbonyl (C=O) groups excluding carboxylic acids is 3. The first-order chi connectivity index (χ1) is 17.8. The molecule has 1 aliphatic heterocycles. The summed E-state index contributed by atoms with van der Waals surface area (Å²) >= 11 is 1.05. The number of aromatic nitrogens is 1. The van der Waals surface area contributed by atoms with Gasteiger partial charge in [-0.05, 0) is 55.3 Å². The van der Waals surface area contributed by atoms with Gasteiger partial charge in [-0.25, -0.2) is 4.98 Å². The Balaban J connectivity index is 1.84. The van der Waals surface area contributed by atoms with Crippen molar-refractivity contribution in [1.29, 1.82) is 0 Å². The maximum absolute atomic E-state index is 13.3. The van der Waals surface area contributed by atoms with Gasteiger partial charge in [-0.15, -0.1) is 0 Å². The van der Waals surface area contributed by atoms with E-state index in [2.05, 4.69) is 11.9 Å². The Labute approximate surface area is 219 Å². The molecule has 1 fully saturated rings. The van der Waals surface area contributed by atoms with Crippen molar-refractivity contribution >= 4 is 39.7 Å². The topological polar surface area (TPSA) is 106 Å². The van der Waals surface area contributed by atoms with Gasteiger partial charge in [-0.3, -0.25) is 19.3 Å². The van der Waals surface area contributed by atoms with Gasteiger partial charge in [0.15, 0.2) is 10.9 Å². The average molecular weight is 521 g/mol. The van der Waals surface area contributed by atoms with Crippen molar-refractivity contribution in [1.82, 2.24) is 4.98 Å². The summed E-state index contributed by atoms with van der Waals surface area (Å²) in [5, 5.41) is 11.5. The van der Waals surface area contributed by atoms with Crippen LogP contribution in [0.1, 0.15) is 59.2 Å². The highest BCUT2D eigenvalue weighted by molar-refractivity contribution is 7.18. The molecule has 1 amide bonds. The Kier molecular flexibility index (Phi) is 7.73. The molecule has 2 heterocycles. The van der Waals surface area contributed by atoms with Crippen LogP contribution in [0.2, 0.25) is 0 Å². The third-order valence-corrected chi connectivity index (χ3v) is 7.34. The fourth-order valence-electron chi connectivity index (χ4n) is 4.14. The van der Waals surface area contributed by atoms with Gasteiger partial charge < -0.3 is 14.6 Å². The van der Waals surface area contributed by atoms with E-state index < -0.39 is 17.7 Å². The molecule has 1 N–H and O–H groups in total. The predicted molar refractivity (Wildman–Crippen MR) is 141 cm³/mol. The van der Waals surface area contributed by atoms with Crippen LogP contribution < -0.4 is 14.4 Å². The summed E-state index contributed by atoms with van der Waals surface area (Å²) in [6.07, 6.45) is 1.93. The maximum Gasteiger partial charge on any atom is 0.301 e. The molecule has 2 aromatic carbocycles. The van der Waals surface area contributed by atoms with E-state index in [0.717, 1.165) is 24.2 Å². The predicted octanol–water partition coefficient (Wildman–Crippen LogP) is 5.47. The summed E-state index contributed by atoms with van der Waals surface area (Å²) in [6.45, 7) is 5.77. The van der Waals surface area contributed by atoms with Crippen molar-refractivity contribution in [3.63, 3.8) is 0 Å². The number of benzene rings is 2. The first kappa shape index (κ1) is 26.1. The van der Waals surface area contributed by atoms with Crippen molar-refractivity contribution in [2.24, 2.45) is 0 Å². The number of methoxy groups -OCH3 is 1. The fourth-order valence-corrected chi connectivity index (χ4v) is 5.13. The molecule has 0 saturated carbocycles. The van der Waals surface area contributed by atoms with Crippen LogP contribution in [-0.2, 0) is 9.59 Å². The lowest BCUT2D eigenvalue weighted by Gasteiger charge is -2.23. The highest BCUT2D eigenvalue weighted by atomic mass is 32.1. The van der Waals surface area contributed by atoms with Gasteiger partial charge in [0.25, 0.3) is 5.78 Å². The van der Waals surface area contributed by atoms with Crippen LogP contribution in [0, 0.1) is 6.92 Å². The number of ketones is 2. The number of anilines is 1. The Bertz CT molecular complexity index is 1360. The molecule has 9 heteroatoms. The molecule has 0 aliphatic carbocycles. The lowest BCUT2D eigenvalue weighted by molar-refractivity contribution is -0.132. The van der Waals surface area contributed by atoms with E-state index in [1.54, 1.807) is 55.5 Å². The molecule has 1 unspecified atom stereocenters. The van der Waals surface area contributed by atoms with Gasteiger partial charge in [-0.2, -0.15) is 0 Å². The number of thiazole rings is 1. The van der Waals surface area contributed by atoms with Gasteiger partial charge in [0.2, 0.25) is 0 Å². The van der Waals surface area contributed by atoms with Crippen LogP contribution in [0.4, 0.5) is 5.13 Å². The molecule has 0 radical (unpaired) electrons. The second-order valence-corrected chi connectivity index (χ2v) is 9.61. The van der Waals surface area contributed by atoms with Crippen molar-refractivity contribution in [2.75, 3.05) is 18.6 Å². The molecular weight excluding hydrogens is 492 g/mol. The molecular formula is C28H28N2O6S. The SMILES string of the molecule is CCCCOc1ccc(C2C(=C(O)c3ccc(OC)cc3)C(=O)C(=O)N2c2nc(C)c(C(C)=O)s2)cc1. The van der Waals surface area contributed by atoms with E-state index >= 15 is 0 Å². The zero-order chi connectivity index (χ0) is 26.7.